The molecular formula is C35H38IN5O4S. The molecule has 2 aliphatic rings. The molecule has 1 fully saturated rings. The zero-order chi connectivity index (χ0) is 31.2. The number of amidine groups is 1. The normalized spacial score (nSPS) is 15.4. The van der Waals surface area contributed by atoms with Gasteiger partial charge in [0.15, 0.2) is 0 Å². The first-order valence-corrected chi connectivity index (χ1v) is 16.0. The van der Waals surface area contributed by atoms with Gasteiger partial charge in [-0.1, -0.05) is 72.8 Å². The van der Waals surface area contributed by atoms with Gasteiger partial charge in [-0.3, -0.25) is 4.48 Å². The molecule has 6 rings (SSSR count). The Morgan fingerprint density at radius 2 is 1.61 bits per heavy atom. The lowest BCUT2D eigenvalue weighted by atomic mass is 10.1. The summed E-state index contributed by atoms with van der Waals surface area (Å²) >= 11 is 1.73. The second-order valence-electron chi connectivity index (χ2n) is 11.8. The Bertz CT molecular complexity index is 1670. The van der Waals surface area contributed by atoms with Crippen molar-refractivity contribution in [3.63, 3.8) is 0 Å². The van der Waals surface area contributed by atoms with Crippen LogP contribution in [0, 0.1) is 6.92 Å². The third-order valence-electron chi connectivity index (χ3n) is 8.18. The van der Waals surface area contributed by atoms with Crippen LogP contribution in [0.25, 0.3) is 0 Å². The molecule has 9 nitrogen and oxygen atoms in total. The van der Waals surface area contributed by atoms with Crippen LogP contribution >= 0.6 is 11.3 Å². The fraction of sp³-hybridized carbons (Fsp3) is 0.286. The lowest BCUT2D eigenvalue weighted by Gasteiger charge is -2.42. The Hall–Kier alpha value is -3.94. The summed E-state index contributed by atoms with van der Waals surface area (Å²) in [6.07, 6.45) is -0.335. The van der Waals surface area contributed by atoms with Crippen molar-refractivity contribution >= 4 is 45.6 Å². The Morgan fingerprint density at radius 3 is 2.33 bits per heavy atom. The number of alkyl carbamates (subject to hydrolysis) is 1. The van der Waals surface area contributed by atoms with E-state index in [4.69, 9.17) is 14.5 Å². The number of carbonyl (C=O) groups is 2. The summed E-state index contributed by atoms with van der Waals surface area (Å²) in [4.78, 5) is 34.8. The number of quaternary nitrogens is 1. The maximum atomic E-state index is 13.1. The molecule has 2 N–H and O–H groups in total. The van der Waals surface area contributed by atoms with Gasteiger partial charge in [0.1, 0.15) is 23.5 Å². The molecule has 11 heteroatoms. The summed E-state index contributed by atoms with van der Waals surface area (Å²) in [6, 6.07) is 28.5. The number of anilines is 2. The van der Waals surface area contributed by atoms with Crippen LogP contribution < -0.4 is 34.6 Å². The number of carbonyl (C=O) groups excluding carboxylic acids is 2. The number of esters is 1. The summed E-state index contributed by atoms with van der Waals surface area (Å²) in [5.41, 5.74) is 4.83. The van der Waals surface area contributed by atoms with E-state index in [-0.39, 0.29) is 37.3 Å². The van der Waals surface area contributed by atoms with Crippen molar-refractivity contribution in [1.82, 2.24) is 10.2 Å². The third-order valence-corrected chi connectivity index (χ3v) is 9.15. The zero-order valence-electron chi connectivity index (χ0n) is 25.9. The van der Waals surface area contributed by atoms with Crippen LogP contribution in [0.15, 0.2) is 96.0 Å². The summed E-state index contributed by atoms with van der Waals surface area (Å²) in [5.74, 6) is 0.464. The van der Waals surface area contributed by atoms with Gasteiger partial charge >= 0.3 is 12.1 Å². The number of amides is 1. The summed E-state index contributed by atoms with van der Waals surface area (Å²) < 4.78 is 11.9. The molecule has 1 atom stereocenters. The number of nitrogens with one attached hydrogen (secondary N) is 2. The fourth-order valence-corrected chi connectivity index (χ4v) is 6.47. The van der Waals surface area contributed by atoms with E-state index in [9.17, 15) is 9.59 Å². The predicted octanol–water partition coefficient (Wildman–Crippen LogP) is 3.00. The minimum Gasteiger partial charge on any atom is -1.00 e. The molecule has 0 radical (unpaired) electrons. The van der Waals surface area contributed by atoms with Gasteiger partial charge in [0.05, 0.1) is 50.2 Å². The van der Waals surface area contributed by atoms with Crippen LogP contribution in [0.2, 0.25) is 0 Å². The van der Waals surface area contributed by atoms with Crippen molar-refractivity contribution in [2.75, 3.05) is 45.3 Å². The fourth-order valence-electron chi connectivity index (χ4n) is 5.55. The number of piperazine rings is 1. The van der Waals surface area contributed by atoms with Gasteiger partial charge in [-0.15, -0.1) is 11.3 Å². The van der Waals surface area contributed by atoms with Crippen LogP contribution in [-0.2, 0) is 27.3 Å². The van der Waals surface area contributed by atoms with Gasteiger partial charge in [0, 0.05) is 11.3 Å². The summed E-state index contributed by atoms with van der Waals surface area (Å²) in [6.45, 7) is 5.50. The highest BCUT2D eigenvalue weighted by Crippen LogP contribution is 2.39. The molecule has 46 heavy (non-hydrogen) atoms. The van der Waals surface area contributed by atoms with E-state index in [0.717, 1.165) is 65.1 Å². The van der Waals surface area contributed by atoms with Gasteiger partial charge in [0.25, 0.3) is 0 Å². The van der Waals surface area contributed by atoms with Crippen molar-refractivity contribution in [2.24, 2.45) is 4.99 Å². The minimum absolute atomic E-state index is 0. The van der Waals surface area contributed by atoms with E-state index in [0.29, 0.717) is 10.9 Å². The Kier molecular flexibility index (Phi) is 11.0. The number of fused-ring (bicyclic) bond motifs is 2. The smallest absolute Gasteiger partial charge is 0.412 e. The Balaban J connectivity index is 0.00000417. The second kappa shape index (κ2) is 15.1. The molecule has 1 amide bonds. The SMILES string of the molecule is Cc1cc2c(s1)Nc1ccccc1N=C2N1CC[N+](C)(COC(=O)N[C@@H](Cc2ccccc2)C(=O)OCc2ccccc2)CC1.[I-]. The third kappa shape index (κ3) is 8.25. The number of rotatable bonds is 8. The highest BCUT2D eigenvalue weighted by Gasteiger charge is 2.34. The van der Waals surface area contributed by atoms with Gasteiger partial charge in [-0.05, 0) is 36.2 Å². The molecule has 3 aromatic carbocycles. The van der Waals surface area contributed by atoms with E-state index in [1.807, 2.05) is 78.9 Å². The second-order valence-corrected chi connectivity index (χ2v) is 13.0. The molecule has 1 saturated heterocycles. The average molecular weight is 752 g/mol. The van der Waals surface area contributed by atoms with E-state index in [1.54, 1.807) is 11.3 Å². The first kappa shape index (κ1) is 33.4. The number of para-hydroxylation sites is 2. The molecule has 0 unspecified atom stereocenters. The van der Waals surface area contributed by atoms with E-state index >= 15 is 0 Å². The molecule has 3 heterocycles. The van der Waals surface area contributed by atoms with E-state index < -0.39 is 18.1 Å². The lowest BCUT2D eigenvalue weighted by molar-refractivity contribution is -0.928. The standard InChI is InChI=1S/C35H37N5O4S.HI/c1-25-21-28-32(36-29-15-9-10-16-30(29)37-33(28)45-25)39-17-19-40(2,20-18-39)24-44-35(42)38-31(22-26-11-5-3-6-12-26)34(41)43-23-27-13-7-4-8-14-27;/h3-16,21,31H,17-20,22-24H2,1-2H3,(H-,36,37,38,42);1H/t31-;/m0./s1. The average Bonchev–Trinajstić information content (AvgIpc) is 3.35. The van der Waals surface area contributed by atoms with Crippen LogP contribution in [-0.4, -0.2) is 73.3 Å². The van der Waals surface area contributed by atoms with E-state index in [1.165, 1.54) is 4.88 Å². The molecule has 1 aromatic heterocycles. The highest BCUT2D eigenvalue weighted by atomic mass is 127. The lowest BCUT2D eigenvalue weighted by Crippen LogP contribution is -3.00. The maximum absolute atomic E-state index is 13.1. The summed E-state index contributed by atoms with van der Waals surface area (Å²) in [5, 5.41) is 7.44. The number of halogens is 1. The van der Waals surface area contributed by atoms with Crippen molar-refractivity contribution in [2.45, 2.75) is 26.0 Å². The molecular weight excluding hydrogens is 713 g/mol. The number of benzene rings is 3. The molecule has 2 aliphatic heterocycles. The number of hydrogen-bond donors (Lipinski definition) is 2. The van der Waals surface area contributed by atoms with Crippen molar-refractivity contribution < 1.29 is 47.5 Å². The van der Waals surface area contributed by atoms with Crippen molar-refractivity contribution in [3.8, 4) is 0 Å². The van der Waals surface area contributed by atoms with Gasteiger partial charge < -0.3 is 49.0 Å². The molecule has 0 saturated carbocycles. The number of ether oxygens (including phenoxy) is 2. The zero-order valence-corrected chi connectivity index (χ0v) is 28.9. The summed E-state index contributed by atoms with van der Waals surface area (Å²) in [7, 11) is 2.09. The topological polar surface area (TPSA) is 92.3 Å². The molecule has 4 aromatic rings. The molecule has 240 valence electrons. The predicted molar refractivity (Wildman–Crippen MR) is 177 cm³/mol. The molecule has 0 spiro atoms. The quantitative estimate of drug-likeness (QED) is 0.164. The van der Waals surface area contributed by atoms with Crippen LogP contribution in [0.1, 0.15) is 21.6 Å². The van der Waals surface area contributed by atoms with Crippen LogP contribution in [0.3, 0.4) is 0 Å². The van der Waals surface area contributed by atoms with Gasteiger partial charge in [-0.25, -0.2) is 14.6 Å². The van der Waals surface area contributed by atoms with Gasteiger partial charge in [-0.2, -0.15) is 0 Å². The Morgan fingerprint density at radius 1 is 0.957 bits per heavy atom. The molecule has 0 bridgehead atoms. The minimum atomic E-state index is -0.876. The number of likely N-dealkylation sites (N-methyl/N-ethyl adjacent to an activating group) is 1. The number of nitrogens with zero attached hydrogens (tertiary/aromatic N) is 3. The number of hydrogen-bond acceptors (Lipinski definition) is 8. The highest BCUT2D eigenvalue weighted by molar-refractivity contribution is 7.16. The van der Waals surface area contributed by atoms with Crippen molar-refractivity contribution in [3.05, 3.63) is 113 Å². The number of aliphatic imine (C=N–C) groups is 1. The first-order chi connectivity index (χ1) is 21.8. The van der Waals surface area contributed by atoms with E-state index in [2.05, 4.69) is 41.6 Å². The number of aryl methyl sites for hydroxylation is 1. The van der Waals surface area contributed by atoms with Crippen molar-refractivity contribution in [1.29, 1.82) is 0 Å². The van der Waals surface area contributed by atoms with Gasteiger partial charge in [0.2, 0.25) is 6.73 Å². The monoisotopic (exact) mass is 751 g/mol. The molecule has 0 aliphatic carbocycles. The first-order valence-electron chi connectivity index (χ1n) is 15.2. The van der Waals surface area contributed by atoms with Crippen LogP contribution in [0.4, 0.5) is 21.2 Å². The number of thiophene rings is 1. The largest absolute Gasteiger partial charge is 1.00 e. The Labute approximate surface area is 290 Å². The maximum Gasteiger partial charge on any atom is 0.412 e. The van der Waals surface area contributed by atoms with Crippen LogP contribution in [0.5, 0.6) is 0 Å².